The van der Waals surface area contributed by atoms with Crippen molar-refractivity contribution in [3.8, 4) is 78.4 Å². The lowest BCUT2D eigenvalue weighted by Crippen LogP contribution is -1.93. The van der Waals surface area contributed by atoms with Crippen LogP contribution in [-0.2, 0) is 0 Å². The highest BCUT2D eigenvalue weighted by atomic mass is 14.9. The normalized spacial score (nSPS) is 11.6. The van der Waals surface area contributed by atoms with Crippen LogP contribution in [0.15, 0.2) is 176 Å². The maximum atomic E-state index is 4.84. The second-order valence-electron chi connectivity index (χ2n) is 12.7. The quantitative estimate of drug-likeness (QED) is 0.189. The Labute approximate surface area is 290 Å². The summed E-state index contributed by atoms with van der Waals surface area (Å²) in [5.74, 6) is 0.685. The molecule has 2 heterocycles. The lowest BCUT2D eigenvalue weighted by Gasteiger charge is -2.20. The molecule has 3 nitrogen and oxygen atoms in total. The summed E-state index contributed by atoms with van der Waals surface area (Å²) in [5, 5.41) is 5.09. The fourth-order valence-corrected chi connectivity index (χ4v) is 7.82. The van der Waals surface area contributed by atoms with E-state index in [9.17, 15) is 0 Å². The Bertz CT molecular complexity index is 2630. The highest BCUT2D eigenvalue weighted by molar-refractivity contribution is 6.28. The van der Waals surface area contributed by atoms with Crippen molar-refractivity contribution < 1.29 is 0 Å². The largest absolute Gasteiger partial charge is 0.255 e. The number of aromatic nitrogens is 3. The summed E-state index contributed by atoms with van der Waals surface area (Å²) in [6, 6.07) is 58.5. The molecular weight excluding hydrogens is 607 g/mol. The van der Waals surface area contributed by atoms with Crippen molar-refractivity contribution in [1.82, 2.24) is 15.0 Å². The van der Waals surface area contributed by atoms with Gasteiger partial charge in [0, 0.05) is 18.0 Å². The molecule has 1 aliphatic carbocycles. The average molecular weight is 636 g/mol. The Morgan fingerprint density at radius 2 is 0.880 bits per heavy atom. The van der Waals surface area contributed by atoms with E-state index >= 15 is 0 Å². The van der Waals surface area contributed by atoms with E-state index < -0.39 is 0 Å². The van der Waals surface area contributed by atoms with Crippen LogP contribution in [0.2, 0.25) is 0 Å². The van der Waals surface area contributed by atoms with Crippen molar-refractivity contribution in [2.45, 2.75) is 0 Å². The third kappa shape index (κ3) is 4.41. The van der Waals surface area contributed by atoms with Crippen LogP contribution in [0.3, 0.4) is 0 Å². The molecule has 1 aliphatic rings. The van der Waals surface area contributed by atoms with Crippen molar-refractivity contribution in [3.05, 3.63) is 176 Å². The summed E-state index contributed by atoms with van der Waals surface area (Å²) in [6.07, 6.45) is 3.59. The zero-order valence-corrected chi connectivity index (χ0v) is 27.1. The van der Waals surface area contributed by atoms with Crippen molar-refractivity contribution >= 4 is 21.5 Å². The maximum absolute atomic E-state index is 4.84. The fraction of sp³-hybridized carbons (Fsp3) is 0. The van der Waals surface area contributed by atoms with Crippen LogP contribution in [0.25, 0.3) is 100.0 Å². The van der Waals surface area contributed by atoms with Gasteiger partial charge in [-0.15, -0.1) is 0 Å². The van der Waals surface area contributed by atoms with Gasteiger partial charge in [-0.25, -0.2) is 9.97 Å². The van der Waals surface area contributed by atoms with Crippen LogP contribution < -0.4 is 0 Å². The second kappa shape index (κ2) is 11.5. The maximum Gasteiger partial charge on any atom is 0.159 e. The highest BCUT2D eigenvalue weighted by Gasteiger charge is 2.31. The van der Waals surface area contributed by atoms with Gasteiger partial charge in [-0.05, 0) is 95.4 Å². The third-order valence-electron chi connectivity index (χ3n) is 9.96. The monoisotopic (exact) mass is 635 g/mol. The molecule has 7 aromatic carbocycles. The molecule has 3 heteroatoms. The van der Waals surface area contributed by atoms with Gasteiger partial charge in [0.15, 0.2) is 5.82 Å². The smallest absolute Gasteiger partial charge is 0.159 e. The molecule has 0 saturated heterocycles. The number of hydrogen-bond donors (Lipinski definition) is 0. The van der Waals surface area contributed by atoms with E-state index in [1.165, 1.54) is 71.6 Å². The first-order chi connectivity index (χ1) is 24.8. The molecule has 10 rings (SSSR count). The van der Waals surface area contributed by atoms with E-state index in [0.29, 0.717) is 5.82 Å². The Hall–Kier alpha value is -6.71. The van der Waals surface area contributed by atoms with Crippen molar-refractivity contribution in [2.24, 2.45) is 0 Å². The molecule has 0 unspecified atom stereocenters. The molecule has 232 valence electrons. The summed E-state index contributed by atoms with van der Waals surface area (Å²) in [4.78, 5) is 13.9. The van der Waals surface area contributed by atoms with Gasteiger partial charge in [-0.3, -0.25) is 4.98 Å². The van der Waals surface area contributed by atoms with Gasteiger partial charge < -0.3 is 0 Å². The number of nitrogens with zero attached hydrogens (tertiary/aromatic N) is 3. The van der Waals surface area contributed by atoms with Crippen LogP contribution >= 0.6 is 0 Å². The molecule has 0 fully saturated rings. The Kier molecular flexibility index (Phi) is 6.49. The molecule has 0 bridgehead atoms. The molecule has 0 spiro atoms. The number of benzene rings is 7. The summed E-state index contributed by atoms with van der Waals surface area (Å²) in [5.41, 5.74) is 15.2. The van der Waals surface area contributed by atoms with Gasteiger partial charge in [0.2, 0.25) is 0 Å². The summed E-state index contributed by atoms with van der Waals surface area (Å²) in [7, 11) is 0. The Morgan fingerprint density at radius 1 is 0.300 bits per heavy atom. The lowest BCUT2D eigenvalue weighted by molar-refractivity contribution is 1.16. The van der Waals surface area contributed by atoms with Crippen molar-refractivity contribution in [1.29, 1.82) is 0 Å². The first-order valence-electron chi connectivity index (χ1n) is 16.9. The molecule has 0 saturated carbocycles. The van der Waals surface area contributed by atoms with E-state index in [1.54, 1.807) is 12.4 Å². The first-order valence-corrected chi connectivity index (χ1v) is 16.9. The Morgan fingerprint density at radius 3 is 1.54 bits per heavy atom. The van der Waals surface area contributed by atoms with Crippen LogP contribution in [0.1, 0.15) is 0 Å². The topological polar surface area (TPSA) is 38.7 Å². The lowest BCUT2D eigenvalue weighted by atomic mass is 9.82. The predicted molar refractivity (Wildman–Crippen MR) is 206 cm³/mol. The number of fused-ring (bicyclic) bond motifs is 4. The molecular formula is C47H29N3. The average Bonchev–Trinajstić information content (AvgIpc) is 3.53. The van der Waals surface area contributed by atoms with Crippen LogP contribution in [0, 0.1) is 0 Å². The van der Waals surface area contributed by atoms with Gasteiger partial charge in [0.05, 0.1) is 11.4 Å². The van der Waals surface area contributed by atoms with E-state index in [0.717, 1.165) is 22.5 Å². The molecule has 2 aromatic heterocycles. The molecule has 0 atom stereocenters. The van der Waals surface area contributed by atoms with Gasteiger partial charge in [0.25, 0.3) is 0 Å². The molecule has 0 radical (unpaired) electrons. The Balaban J connectivity index is 1.17. The first kappa shape index (κ1) is 28.3. The molecule has 0 N–H and O–H groups in total. The predicted octanol–water partition coefficient (Wildman–Crippen LogP) is 12.2. The second-order valence-corrected chi connectivity index (χ2v) is 12.7. The molecule has 9 aromatic rings. The SMILES string of the molecule is c1ccc(-c2c3c(c(-c4ccccc4)c4ccccc24)-c2ccc(-c4ccc(-c5nccc(-c6ccccn6)n5)cc4)c4cccc-3c24)cc1. The minimum atomic E-state index is 0.685. The van der Waals surface area contributed by atoms with Crippen LogP contribution in [0.5, 0.6) is 0 Å². The van der Waals surface area contributed by atoms with Gasteiger partial charge in [0.1, 0.15) is 0 Å². The number of pyridine rings is 1. The zero-order chi connectivity index (χ0) is 33.0. The van der Waals surface area contributed by atoms with Crippen LogP contribution in [0.4, 0.5) is 0 Å². The van der Waals surface area contributed by atoms with Crippen molar-refractivity contribution in [3.63, 3.8) is 0 Å². The summed E-state index contributed by atoms with van der Waals surface area (Å²) in [6.45, 7) is 0. The minimum Gasteiger partial charge on any atom is -0.255 e. The van der Waals surface area contributed by atoms with E-state index in [4.69, 9.17) is 4.98 Å². The standard InChI is InChI=1S/C47H29N3/c1-3-12-31(13-4-1)42-36-16-7-8-17-37(36)43(32-14-5-2-6-15-32)46-39-26-25-34(35-18-11-19-38(44(35)39)45(42)46)30-21-23-33(24-22-30)47-49-29-27-41(50-47)40-20-9-10-28-48-40/h1-29H. The zero-order valence-electron chi connectivity index (χ0n) is 27.1. The van der Waals surface area contributed by atoms with E-state index in [2.05, 4.69) is 149 Å². The number of hydrogen-bond acceptors (Lipinski definition) is 3. The van der Waals surface area contributed by atoms with Gasteiger partial charge in [-0.1, -0.05) is 146 Å². The fourth-order valence-electron chi connectivity index (χ4n) is 7.82. The van der Waals surface area contributed by atoms with E-state index in [1.807, 2.05) is 24.3 Å². The molecule has 0 aliphatic heterocycles. The minimum absolute atomic E-state index is 0.685. The molecule has 50 heavy (non-hydrogen) atoms. The summed E-state index contributed by atoms with van der Waals surface area (Å²) >= 11 is 0. The molecule has 0 amide bonds. The van der Waals surface area contributed by atoms with E-state index in [-0.39, 0.29) is 0 Å². The van der Waals surface area contributed by atoms with Crippen LogP contribution in [-0.4, -0.2) is 15.0 Å². The third-order valence-corrected chi connectivity index (χ3v) is 9.96. The highest BCUT2D eigenvalue weighted by Crippen LogP contribution is 2.58. The number of rotatable bonds is 5. The van der Waals surface area contributed by atoms with Gasteiger partial charge in [-0.2, -0.15) is 0 Å². The van der Waals surface area contributed by atoms with Gasteiger partial charge >= 0.3 is 0 Å². The summed E-state index contributed by atoms with van der Waals surface area (Å²) < 4.78 is 0. The van der Waals surface area contributed by atoms with Crippen molar-refractivity contribution in [2.75, 3.05) is 0 Å².